The van der Waals surface area contributed by atoms with Gasteiger partial charge in [-0.2, -0.15) is 0 Å². The van der Waals surface area contributed by atoms with Gasteiger partial charge in [-0.15, -0.1) is 0 Å². The van der Waals surface area contributed by atoms with E-state index < -0.39 is 0 Å². The molecule has 0 bridgehead atoms. The van der Waals surface area contributed by atoms with Gasteiger partial charge in [-0.25, -0.2) is 9.97 Å². The number of hydrogen-bond donors (Lipinski definition) is 1. The van der Waals surface area contributed by atoms with Crippen LogP contribution in [0.5, 0.6) is 5.88 Å². The molecular weight excluding hydrogens is 310 g/mol. The molecule has 124 valence electrons. The van der Waals surface area contributed by atoms with Crippen molar-refractivity contribution in [3.63, 3.8) is 0 Å². The summed E-state index contributed by atoms with van der Waals surface area (Å²) in [5, 5.41) is 0. The molecule has 0 spiro atoms. The lowest BCUT2D eigenvalue weighted by Crippen LogP contribution is -1.97. The molecule has 0 fully saturated rings. The molecule has 0 saturated heterocycles. The summed E-state index contributed by atoms with van der Waals surface area (Å²) in [6, 6.07) is 17.6. The lowest BCUT2D eigenvalue weighted by Gasteiger charge is -2.05. The third kappa shape index (κ3) is 4.82. The fourth-order valence-corrected chi connectivity index (χ4v) is 2.27. The first-order chi connectivity index (χ1) is 12.2. The Morgan fingerprint density at radius 3 is 2.52 bits per heavy atom. The Bertz CT molecular complexity index is 894. The molecule has 25 heavy (non-hydrogen) atoms. The maximum absolute atomic E-state index is 5.87. The smallest absolute Gasteiger partial charge is 0.213 e. The second-order valence-corrected chi connectivity index (χ2v) is 5.64. The molecular formula is C21H19N3O. The van der Waals surface area contributed by atoms with E-state index in [-0.39, 0.29) is 0 Å². The Balaban J connectivity index is 1.57. The van der Waals surface area contributed by atoms with Gasteiger partial charge in [-0.3, -0.25) is 0 Å². The lowest BCUT2D eigenvalue weighted by atomic mass is 10.1. The van der Waals surface area contributed by atoms with Crippen LogP contribution in [-0.4, -0.2) is 9.97 Å². The van der Waals surface area contributed by atoms with E-state index in [0.717, 1.165) is 22.4 Å². The summed E-state index contributed by atoms with van der Waals surface area (Å²) in [7, 11) is 0. The summed E-state index contributed by atoms with van der Waals surface area (Å²) in [5.74, 6) is 7.33. The number of nitrogens with two attached hydrogens (primary N) is 1. The van der Waals surface area contributed by atoms with Crippen molar-refractivity contribution >= 4 is 5.82 Å². The predicted molar refractivity (Wildman–Crippen MR) is 99.0 cm³/mol. The van der Waals surface area contributed by atoms with Crippen LogP contribution in [0.25, 0.3) is 0 Å². The van der Waals surface area contributed by atoms with Crippen LogP contribution < -0.4 is 10.5 Å². The maximum Gasteiger partial charge on any atom is 0.213 e. The van der Waals surface area contributed by atoms with Crippen LogP contribution in [0.1, 0.15) is 22.4 Å². The molecule has 2 N–H and O–H groups in total. The standard InChI is InChI=1S/C21H19N3O/c1-16-8-13-19(21(22)24-16)6-4-5-17-9-11-18(12-10-17)15-25-20-7-2-3-14-23-20/h2-3,7-14H,5,15H2,1H3,(H2,22,24). The van der Waals surface area contributed by atoms with Gasteiger partial charge in [0, 0.05) is 24.4 Å². The Kier molecular flexibility index (Phi) is 5.28. The number of aromatic nitrogens is 2. The molecule has 0 aliphatic heterocycles. The number of rotatable bonds is 4. The predicted octanol–water partition coefficient (Wildman–Crippen LogP) is 3.54. The van der Waals surface area contributed by atoms with Gasteiger partial charge < -0.3 is 10.5 Å². The molecule has 4 nitrogen and oxygen atoms in total. The fourth-order valence-electron chi connectivity index (χ4n) is 2.27. The van der Waals surface area contributed by atoms with Crippen LogP contribution in [0.3, 0.4) is 0 Å². The fraction of sp³-hybridized carbons (Fsp3) is 0.143. The summed E-state index contributed by atoms with van der Waals surface area (Å²) in [6.07, 6.45) is 2.38. The lowest BCUT2D eigenvalue weighted by molar-refractivity contribution is 0.294. The summed E-state index contributed by atoms with van der Waals surface area (Å²) in [5.41, 5.74) is 9.77. The number of hydrogen-bond acceptors (Lipinski definition) is 4. The topological polar surface area (TPSA) is 61.0 Å². The minimum absolute atomic E-state index is 0.481. The van der Waals surface area contributed by atoms with Gasteiger partial charge >= 0.3 is 0 Å². The van der Waals surface area contributed by atoms with E-state index in [9.17, 15) is 0 Å². The summed E-state index contributed by atoms with van der Waals surface area (Å²) in [4.78, 5) is 8.35. The monoisotopic (exact) mass is 329 g/mol. The van der Waals surface area contributed by atoms with E-state index in [1.54, 1.807) is 6.20 Å². The minimum Gasteiger partial charge on any atom is -0.473 e. The Hall–Kier alpha value is -3.32. The largest absolute Gasteiger partial charge is 0.473 e. The summed E-state index contributed by atoms with van der Waals surface area (Å²) in [6.45, 7) is 2.40. The molecule has 4 heteroatoms. The van der Waals surface area contributed by atoms with E-state index in [1.165, 1.54) is 0 Å². The maximum atomic E-state index is 5.87. The number of nitrogen functional groups attached to an aromatic ring is 1. The van der Waals surface area contributed by atoms with Crippen molar-refractivity contribution in [1.82, 2.24) is 9.97 Å². The zero-order valence-corrected chi connectivity index (χ0v) is 14.1. The average Bonchev–Trinajstić information content (AvgIpc) is 2.64. The Morgan fingerprint density at radius 1 is 1.00 bits per heavy atom. The molecule has 0 unspecified atom stereocenters. The van der Waals surface area contributed by atoms with E-state index in [1.807, 2.05) is 49.4 Å². The molecule has 0 aliphatic rings. The second-order valence-electron chi connectivity index (χ2n) is 5.64. The Labute approximate surface area is 147 Å². The van der Waals surface area contributed by atoms with Gasteiger partial charge in [-0.05, 0) is 36.2 Å². The van der Waals surface area contributed by atoms with E-state index >= 15 is 0 Å². The zero-order chi connectivity index (χ0) is 17.5. The third-order valence-corrected chi connectivity index (χ3v) is 3.63. The molecule has 1 aromatic carbocycles. The number of aryl methyl sites for hydroxylation is 1. The van der Waals surface area contributed by atoms with E-state index in [4.69, 9.17) is 10.5 Å². The molecule has 0 amide bonds. The quantitative estimate of drug-likeness (QED) is 0.744. The number of ether oxygens (including phenoxy) is 1. The van der Waals surface area contributed by atoms with Crippen LogP contribution in [0, 0.1) is 18.8 Å². The Morgan fingerprint density at radius 2 is 1.80 bits per heavy atom. The number of anilines is 1. The summed E-state index contributed by atoms with van der Waals surface area (Å²) >= 11 is 0. The highest BCUT2D eigenvalue weighted by atomic mass is 16.5. The highest BCUT2D eigenvalue weighted by Crippen LogP contribution is 2.11. The highest BCUT2D eigenvalue weighted by Gasteiger charge is 1.98. The van der Waals surface area contributed by atoms with Gasteiger partial charge in [-0.1, -0.05) is 42.2 Å². The van der Waals surface area contributed by atoms with Crippen LogP contribution >= 0.6 is 0 Å². The molecule has 3 aromatic rings. The van der Waals surface area contributed by atoms with Crippen molar-refractivity contribution in [3.8, 4) is 17.7 Å². The van der Waals surface area contributed by atoms with Gasteiger partial charge in [0.25, 0.3) is 0 Å². The molecule has 2 aromatic heterocycles. The minimum atomic E-state index is 0.481. The molecule has 0 radical (unpaired) electrons. The average molecular weight is 329 g/mol. The van der Waals surface area contributed by atoms with Crippen LogP contribution in [-0.2, 0) is 13.0 Å². The van der Waals surface area contributed by atoms with Crippen molar-refractivity contribution in [1.29, 1.82) is 0 Å². The van der Waals surface area contributed by atoms with Gasteiger partial charge in [0.15, 0.2) is 0 Å². The van der Waals surface area contributed by atoms with Gasteiger partial charge in [0.2, 0.25) is 5.88 Å². The van der Waals surface area contributed by atoms with Gasteiger partial charge in [0.05, 0.1) is 5.56 Å². The summed E-state index contributed by atoms with van der Waals surface area (Å²) < 4.78 is 5.63. The highest BCUT2D eigenvalue weighted by molar-refractivity contribution is 5.51. The van der Waals surface area contributed by atoms with Crippen molar-refractivity contribution in [2.45, 2.75) is 20.0 Å². The van der Waals surface area contributed by atoms with E-state index in [0.29, 0.717) is 24.7 Å². The van der Waals surface area contributed by atoms with Crippen molar-refractivity contribution < 1.29 is 4.74 Å². The van der Waals surface area contributed by atoms with E-state index in [2.05, 4.69) is 33.9 Å². The molecule has 2 heterocycles. The zero-order valence-electron chi connectivity index (χ0n) is 14.1. The van der Waals surface area contributed by atoms with Crippen LogP contribution in [0.4, 0.5) is 5.82 Å². The number of benzene rings is 1. The SMILES string of the molecule is Cc1ccc(C#CCc2ccc(COc3ccccn3)cc2)c(N)n1. The van der Waals surface area contributed by atoms with Crippen LogP contribution in [0.15, 0.2) is 60.8 Å². The first-order valence-corrected chi connectivity index (χ1v) is 8.04. The van der Waals surface area contributed by atoms with Crippen molar-refractivity contribution in [2.75, 3.05) is 5.73 Å². The second kappa shape index (κ2) is 7.98. The van der Waals surface area contributed by atoms with Crippen molar-refractivity contribution in [2.24, 2.45) is 0 Å². The molecule has 3 rings (SSSR count). The van der Waals surface area contributed by atoms with Crippen molar-refractivity contribution in [3.05, 3.63) is 83.2 Å². The van der Waals surface area contributed by atoms with Crippen LogP contribution in [0.2, 0.25) is 0 Å². The number of pyridine rings is 2. The first kappa shape index (κ1) is 16.5. The molecule has 0 saturated carbocycles. The number of nitrogens with zero attached hydrogens (tertiary/aromatic N) is 2. The normalized spacial score (nSPS) is 9.96. The third-order valence-electron chi connectivity index (χ3n) is 3.63. The molecule has 0 atom stereocenters. The first-order valence-electron chi connectivity index (χ1n) is 8.04. The van der Waals surface area contributed by atoms with Gasteiger partial charge in [0.1, 0.15) is 12.4 Å². The molecule has 0 aliphatic carbocycles.